The zero-order valence-corrected chi connectivity index (χ0v) is 18.8. The summed E-state index contributed by atoms with van der Waals surface area (Å²) in [4.78, 5) is 8.02. The zero-order chi connectivity index (χ0) is 18.6. The van der Waals surface area contributed by atoms with E-state index in [0.29, 0.717) is 4.47 Å². The molecule has 24 heavy (non-hydrogen) atoms. The Morgan fingerprint density at radius 3 is 1.88 bits per heavy atom. The van der Waals surface area contributed by atoms with Crippen LogP contribution in [-0.2, 0) is 18.1 Å². The topological polar surface area (TPSA) is 70.5 Å². The van der Waals surface area contributed by atoms with Crippen molar-refractivity contribution in [2.45, 2.75) is 20.6 Å². The zero-order valence-electron chi connectivity index (χ0n) is 11.8. The third-order valence-corrected chi connectivity index (χ3v) is 4.59. The Kier molecular flexibility index (Phi) is 9.34. The molecule has 0 amide bonds. The number of phosphoric acid groups is 1. The minimum absolute atomic E-state index is 0.216. The Balaban J connectivity index is 2.86. The Hall–Kier alpha value is 1.41. The van der Waals surface area contributed by atoms with Crippen LogP contribution in [0.25, 0.3) is 0 Å². The number of hydrogen-bond donors (Lipinski definition) is 0. The van der Waals surface area contributed by atoms with Gasteiger partial charge in [0.05, 0.1) is 4.47 Å². The quantitative estimate of drug-likeness (QED) is 0.300. The van der Waals surface area contributed by atoms with Gasteiger partial charge in [-0.25, -0.2) is 14.5 Å². The standard InChI is InChI=1S/C10H10BrCl6N2O4P/c1-6(8-18-2-7(11)3-19-8)23-24(20,21-4-9(12,13)14)22-5-10(15,16)17/h2-3,6H,4-5H2,1H3. The summed E-state index contributed by atoms with van der Waals surface area (Å²) in [5, 5.41) is 0. The van der Waals surface area contributed by atoms with Crippen molar-refractivity contribution in [3.05, 3.63) is 22.7 Å². The third kappa shape index (κ3) is 9.93. The molecule has 0 spiro atoms. The van der Waals surface area contributed by atoms with Crippen LogP contribution in [-0.4, -0.2) is 30.8 Å². The van der Waals surface area contributed by atoms with Gasteiger partial charge in [-0.2, -0.15) is 0 Å². The lowest BCUT2D eigenvalue weighted by Crippen LogP contribution is -2.18. The Morgan fingerprint density at radius 2 is 1.50 bits per heavy atom. The van der Waals surface area contributed by atoms with E-state index in [0.717, 1.165) is 0 Å². The van der Waals surface area contributed by atoms with Gasteiger partial charge in [-0.15, -0.1) is 0 Å². The highest BCUT2D eigenvalue weighted by Gasteiger charge is 2.37. The van der Waals surface area contributed by atoms with E-state index in [1.165, 1.54) is 19.3 Å². The number of rotatable bonds is 7. The summed E-state index contributed by atoms with van der Waals surface area (Å²) in [5.41, 5.74) is 0. The molecule has 6 nitrogen and oxygen atoms in total. The predicted octanol–water partition coefficient (Wildman–Crippen LogP) is 6.20. The minimum atomic E-state index is -4.24. The highest BCUT2D eigenvalue weighted by molar-refractivity contribution is 9.10. The summed E-state index contributed by atoms with van der Waals surface area (Å²) >= 11 is 36.6. The minimum Gasteiger partial charge on any atom is -0.282 e. The van der Waals surface area contributed by atoms with Gasteiger partial charge in [0.15, 0.2) is 5.82 Å². The fraction of sp³-hybridized carbons (Fsp3) is 0.600. The average molecular weight is 546 g/mol. The van der Waals surface area contributed by atoms with Crippen molar-refractivity contribution in [3.63, 3.8) is 0 Å². The molecule has 1 unspecified atom stereocenters. The maximum absolute atomic E-state index is 12.7. The van der Waals surface area contributed by atoms with E-state index in [1.54, 1.807) is 0 Å². The van der Waals surface area contributed by atoms with E-state index in [4.69, 9.17) is 83.2 Å². The van der Waals surface area contributed by atoms with Crippen molar-refractivity contribution >= 4 is 93.4 Å². The second-order valence-corrected chi connectivity index (χ2v) is 11.8. The Morgan fingerprint density at radius 1 is 1.08 bits per heavy atom. The molecular weight excluding hydrogens is 536 g/mol. The van der Waals surface area contributed by atoms with Crippen molar-refractivity contribution in [2.75, 3.05) is 13.2 Å². The summed E-state index contributed by atoms with van der Waals surface area (Å²) in [6.45, 7) is 0.360. The van der Waals surface area contributed by atoms with Crippen LogP contribution in [0.1, 0.15) is 18.9 Å². The number of alkyl halides is 6. The molecular formula is C10H10BrCl6N2O4P. The second kappa shape index (κ2) is 9.56. The first-order valence-corrected chi connectivity index (χ1v) is 10.5. The van der Waals surface area contributed by atoms with Crippen molar-refractivity contribution in [2.24, 2.45) is 0 Å². The highest BCUT2D eigenvalue weighted by atomic mass is 79.9. The summed E-state index contributed by atoms with van der Waals surface area (Å²) in [5.74, 6) is 0.216. The van der Waals surface area contributed by atoms with Crippen LogP contribution in [0.3, 0.4) is 0 Å². The van der Waals surface area contributed by atoms with E-state index in [-0.39, 0.29) is 5.82 Å². The average Bonchev–Trinajstić information content (AvgIpc) is 2.43. The van der Waals surface area contributed by atoms with Crippen molar-refractivity contribution in [1.29, 1.82) is 0 Å². The van der Waals surface area contributed by atoms with E-state index >= 15 is 0 Å². The van der Waals surface area contributed by atoms with Gasteiger partial charge in [-0.1, -0.05) is 69.6 Å². The summed E-state index contributed by atoms with van der Waals surface area (Å²) in [7, 11) is -4.24. The van der Waals surface area contributed by atoms with Crippen LogP contribution in [0.5, 0.6) is 0 Å². The maximum atomic E-state index is 12.7. The monoisotopic (exact) mass is 542 g/mol. The van der Waals surface area contributed by atoms with Crippen LogP contribution >= 0.6 is 93.4 Å². The molecule has 0 aliphatic heterocycles. The highest BCUT2D eigenvalue weighted by Crippen LogP contribution is 2.55. The van der Waals surface area contributed by atoms with Crippen molar-refractivity contribution in [3.8, 4) is 0 Å². The lowest BCUT2D eigenvalue weighted by Gasteiger charge is -2.24. The van der Waals surface area contributed by atoms with E-state index in [1.807, 2.05) is 0 Å². The molecule has 0 N–H and O–H groups in total. The van der Waals surface area contributed by atoms with Gasteiger partial charge in [-0.05, 0) is 22.9 Å². The molecule has 0 aliphatic rings. The molecule has 138 valence electrons. The lowest BCUT2D eigenvalue weighted by molar-refractivity contribution is 0.0833. The number of halogens is 7. The van der Waals surface area contributed by atoms with Gasteiger partial charge in [0.25, 0.3) is 0 Å². The number of aromatic nitrogens is 2. The van der Waals surface area contributed by atoms with Gasteiger partial charge in [-0.3, -0.25) is 13.6 Å². The van der Waals surface area contributed by atoms with Gasteiger partial charge in [0.1, 0.15) is 19.3 Å². The first kappa shape index (κ1) is 23.4. The molecule has 14 heteroatoms. The van der Waals surface area contributed by atoms with E-state index in [2.05, 4.69) is 25.9 Å². The molecule has 0 radical (unpaired) electrons. The maximum Gasteiger partial charge on any atom is 0.475 e. The van der Waals surface area contributed by atoms with Crippen molar-refractivity contribution in [1.82, 2.24) is 9.97 Å². The molecule has 1 aromatic rings. The van der Waals surface area contributed by atoms with Gasteiger partial charge < -0.3 is 0 Å². The molecule has 0 saturated heterocycles. The molecule has 0 fully saturated rings. The molecule has 1 rings (SSSR count). The normalized spacial score (nSPS) is 14.7. The number of phosphoric ester groups is 1. The molecule has 0 saturated carbocycles. The lowest BCUT2D eigenvalue weighted by atomic mass is 10.4. The van der Waals surface area contributed by atoms with E-state index < -0.39 is 34.7 Å². The van der Waals surface area contributed by atoms with Crippen LogP contribution in [0.15, 0.2) is 16.9 Å². The fourth-order valence-corrected chi connectivity index (χ4v) is 3.55. The molecule has 0 bridgehead atoms. The predicted molar refractivity (Wildman–Crippen MR) is 99.3 cm³/mol. The summed E-state index contributed by atoms with van der Waals surface area (Å²) in [6, 6.07) is 0. The van der Waals surface area contributed by atoms with Gasteiger partial charge in [0, 0.05) is 12.4 Å². The fourth-order valence-electron chi connectivity index (χ4n) is 1.18. The Bertz CT molecular complexity index is 560. The molecule has 1 heterocycles. The first-order valence-electron chi connectivity index (χ1n) is 5.98. The molecule has 0 aromatic carbocycles. The van der Waals surface area contributed by atoms with Crippen LogP contribution in [0.4, 0.5) is 0 Å². The summed E-state index contributed by atoms with van der Waals surface area (Å²) < 4.78 is 24.9. The number of hydrogen-bond acceptors (Lipinski definition) is 6. The number of nitrogens with zero attached hydrogens (tertiary/aromatic N) is 2. The van der Waals surface area contributed by atoms with E-state index in [9.17, 15) is 4.57 Å². The summed E-state index contributed by atoms with van der Waals surface area (Å²) in [6.07, 6.45) is 2.09. The van der Waals surface area contributed by atoms with Gasteiger partial charge >= 0.3 is 7.82 Å². The Labute approximate surface area is 177 Å². The third-order valence-electron chi connectivity index (χ3n) is 2.06. The largest absolute Gasteiger partial charge is 0.475 e. The smallest absolute Gasteiger partial charge is 0.282 e. The first-order chi connectivity index (χ1) is 10.8. The SMILES string of the molecule is CC(OP(=O)(OCC(Cl)(Cl)Cl)OCC(Cl)(Cl)Cl)c1ncc(Br)cn1. The van der Waals surface area contributed by atoms with Crippen LogP contribution in [0.2, 0.25) is 0 Å². The van der Waals surface area contributed by atoms with Crippen molar-refractivity contribution < 1.29 is 18.1 Å². The second-order valence-electron chi connectivity index (χ2n) is 4.23. The van der Waals surface area contributed by atoms with Crippen LogP contribution < -0.4 is 0 Å². The van der Waals surface area contributed by atoms with Crippen LogP contribution in [0, 0.1) is 0 Å². The molecule has 1 aromatic heterocycles. The van der Waals surface area contributed by atoms with Gasteiger partial charge in [0.2, 0.25) is 7.59 Å². The molecule has 0 aliphatic carbocycles. The molecule has 1 atom stereocenters.